The first-order valence-electron chi connectivity index (χ1n) is 11.9. The van der Waals surface area contributed by atoms with E-state index in [1.54, 1.807) is 42.2 Å². The van der Waals surface area contributed by atoms with Crippen molar-refractivity contribution < 1.29 is 23.9 Å². The lowest BCUT2D eigenvalue weighted by atomic mass is 10.0. The number of esters is 1. The summed E-state index contributed by atoms with van der Waals surface area (Å²) >= 11 is 0. The predicted molar refractivity (Wildman–Crippen MR) is 135 cm³/mol. The Labute approximate surface area is 210 Å². The Hall–Kier alpha value is -4.10. The number of Topliss-reactive ketones (excluding diaryl/α,β-unsaturated/α-hetero) is 2. The zero-order valence-electron chi connectivity index (χ0n) is 20.1. The first kappa shape index (κ1) is 25.0. The largest absolute Gasteiger partial charge is 0.449 e. The van der Waals surface area contributed by atoms with E-state index < -0.39 is 23.6 Å². The number of ketones is 2. The summed E-state index contributed by atoms with van der Waals surface area (Å²) in [5.74, 6) is -2.17. The lowest BCUT2D eigenvalue weighted by Crippen LogP contribution is -2.51. The van der Waals surface area contributed by atoms with Crippen LogP contribution in [-0.2, 0) is 16.1 Å². The number of ether oxygens (including phenoxy) is 1. The number of benzene rings is 3. The van der Waals surface area contributed by atoms with Crippen molar-refractivity contribution >= 4 is 23.4 Å². The molecule has 36 heavy (non-hydrogen) atoms. The highest BCUT2D eigenvalue weighted by molar-refractivity contribution is 6.49. The Morgan fingerprint density at radius 2 is 1.19 bits per heavy atom. The van der Waals surface area contributed by atoms with E-state index in [2.05, 4.69) is 17.0 Å². The first-order chi connectivity index (χ1) is 17.4. The van der Waals surface area contributed by atoms with Gasteiger partial charge in [-0.3, -0.25) is 19.3 Å². The van der Waals surface area contributed by atoms with Crippen LogP contribution in [-0.4, -0.2) is 65.5 Å². The number of nitrogens with zero attached hydrogens (tertiary/aromatic N) is 2. The van der Waals surface area contributed by atoms with Crippen LogP contribution in [0, 0.1) is 0 Å². The highest BCUT2D eigenvalue weighted by atomic mass is 16.5. The highest BCUT2D eigenvalue weighted by Gasteiger charge is 2.27. The zero-order chi connectivity index (χ0) is 25.5. The van der Waals surface area contributed by atoms with Crippen molar-refractivity contribution in [2.75, 3.05) is 26.2 Å². The Balaban J connectivity index is 1.28. The van der Waals surface area contributed by atoms with Crippen LogP contribution in [0.15, 0.2) is 84.9 Å². The molecular formula is C29H28N2O5. The summed E-state index contributed by atoms with van der Waals surface area (Å²) in [7, 11) is 0. The van der Waals surface area contributed by atoms with Crippen LogP contribution >= 0.6 is 0 Å². The number of carbonyl (C=O) groups is 4. The molecule has 184 valence electrons. The molecular weight excluding hydrogens is 456 g/mol. The second-order valence-corrected chi connectivity index (χ2v) is 8.74. The summed E-state index contributed by atoms with van der Waals surface area (Å²) in [6.07, 6.45) is -0.931. The van der Waals surface area contributed by atoms with Crippen LogP contribution in [0.5, 0.6) is 0 Å². The van der Waals surface area contributed by atoms with Gasteiger partial charge < -0.3 is 9.64 Å². The van der Waals surface area contributed by atoms with E-state index in [4.69, 9.17) is 4.74 Å². The maximum Gasteiger partial charge on any atom is 0.338 e. The van der Waals surface area contributed by atoms with Crippen LogP contribution in [0.1, 0.15) is 43.6 Å². The van der Waals surface area contributed by atoms with E-state index in [-0.39, 0.29) is 17.0 Å². The highest BCUT2D eigenvalue weighted by Crippen LogP contribution is 2.14. The number of piperazine rings is 1. The van der Waals surface area contributed by atoms with Crippen molar-refractivity contribution in [1.29, 1.82) is 0 Å². The van der Waals surface area contributed by atoms with Crippen molar-refractivity contribution in [3.05, 3.63) is 107 Å². The van der Waals surface area contributed by atoms with Crippen LogP contribution in [0.3, 0.4) is 0 Å². The van der Waals surface area contributed by atoms with Crippen LogP contribution < -0.4 is 0 Å². The number of rotatable bonds is 8. The molecule has 4 rings (SSSR count). The number of hydrogen-bond donors (Lipinski definition) is 0. The number of hydrogen-bond acceptors (Lipinski definition) is 6. The van der Waals surface area contributed by atoms with E-state index in [0.717, 1.165) is 19.6 Å². The van der Waals surface area contributed by atoms with Gasteiger partial charge in [0.25, 0.3) is 5.91 Å². The lowest BCUT2D eigenvalue weighted by Gasteiger charge is -2.35. The third-order valence-electron chi connectivity index (χ3n) is 6.19. The van der Waals surface area contributed by atoms with Gasteiger partial charge in [-0.05, 0) is 24.6 Å². The fourth-order valence-corrected chi connectivity index (χ4v) is 4.11. The molecule has 1 unspecified atom stereocenters. The quantitative estimate of drug-likeness (QED) is 0.276. The molecule has 0 N–H and O–H groups in total. The second kappa shape index (κ2) is 11.6. The molecule has 1 atom stereocenters. The van der Waals surface area contributed by atoms with Gasteiger partial charge in [-0.15, -0.1) is 0 Å². The van der Waals surface area contributed by atoms with Gasteiger partial charge in [0.15, 0.2) is 6.10 Å². The van der Waals surface area contributed by atoms with Gasteiger partial charge in [-0.1, -0.05) is 72.8 Å². The summed E-state index contributed by atoms with van der Waals surface area (Å²) in [6, 6.07) is 24.2. The molecule has 0 aliphatic carbocycles. The second-order valence-electron chi connectivity index (χ2n) is 8.74. The molecule has 7 heteroatoms. The monoisotopic (exact) mass is 484 g/mol. The van der Waals surface area contributed by atoms with Crippen molar-refractivity contribution in [3.63, 3.8) is 0 Å². The molecule has 1 aliphatic heterocycles. The molecule has 3 aromatic carbocycles. The van der Waals surface area contributed by atoms with Gasteiger partial charge in [0, 0.05) is 43.9 Å². The molecule has 0 bridgehead atoms. The third-order valence-corrected chi connectivity index (χ3v) is 6.19. The maximum absolute atomic E-state index is 12.8. The molecule has 1 saturated heterocycles. The molecule has 0 saturated carbocycles. The average molecular weight is 485 g/mol. The van der Waals surface area contributed by atoms with Crippen LogP contribution in [0.2, 0.25) is 0 Å². The smallest absolute Gasteiger partial charge is 0.338 e. The Kier molecular flexibility index (Phi) is 8.02. The average Bonchev–Trinajstić information content (AvgIpc) is 2.93. The normalized spacial score (nSPS) is 14.6. The van der Waals surface area contributed by atoms with Crippen molar-refractivity contribution in [2.24, 2.45) is 0 Å². The molecule has 1 heterocycles. The number of amides is 1. The topological polar surface area (TPSA) is 84.0 Å². The van der Waals surface area contributed by atoms with Crippen molar-refractivity contribution in [1.82, 2.24) is 9.80 Å². The Morgan fingerprint density at radius 3 is 1.78 bits per heavy atom. The van der Waals surface area contributed by atoms with Crippen LogP contribution in [0.4, 0.5) is 0 Å². The summed E-state index contributed by atoms with van der Waals surface area (Å²) < 4.78 is 5.40. The van der Waals surface area contributed by atoms with E-state index >= 15 is 0 Å². The predicted octanol–water partition coefficient (Wildman–Crippen LogP) is 3.64. The molecule has 3 aromatic rings. The first-order valence-corrected chi connectivity index (χ1v) is 11.9. The summed E-state index contributed by atoms with van der Waals surface area (Å²) in [5.41, 5.74) is 1.92. The van der Waals surface area contributed by atoms with E-state index in [9.17, 15) is 19.2 Å². The molecule has 1 fully saturated rings. The zero-order valence-corrected chi connectivity index (χ0v) is 20.1. The lowest BCUT2D eigenvalue weighted by molar-refractivity contribution is -0.141. The molecule has 0 spiro atoms. The fourth-order valence-electron chi connectivity index (χ4n) is 4.11. The van der Waals surface area contributed by atoms with Gasteiger partial charge in [0.2, 0.25) is 11.6 Å². The third kappa shape index (κ3) is 6.12. The summed E-state index contributed by atoms with van der Waals surface area (Å²) in [4.78, 5) is 54.3. The summed E-state index contributed by atoms with van der Waals surface area (Å²) in [6.45, 7) is 5.03. The molecule has 1 amide bonds. The van der Waals surface area contributed by atoms with Gasteiger partial charge in [0.1, 0.15) is 0 Å². The Bertz CT molecular complexity index is 1220. The van der Waals surface area contributed by atoms with Gasteiger partial charge in [0.05, 0.1) is 5.56 Å². The minimum absolute atomic E-state index is 0.179. The van der Waals surface area contributed by atoms with Crippen molar-refractivity contribution in [3.8, 4) is 0 Å². The van der Waals surface area contributed by atoms with Crippen molar-refractivity contribution in [2.45, 2.75) is 19.6 Å². The maximum atomic E-state index is 12.8. The molecule has 0 radical (unpaired) electrons. The Morgan fingerprint density at radius 1 is 0.694 bits per heavy atom. The molecule has 1 aliphatic rings. The van der Waals surface area contributed by atoms with Crippen LogP contribution in [0.25, 0.3) is 0 Å². The minimum Gasteiger partial charge on any atom is -0.449 e. The van der Waals surface area contributed by atoms with E-state index in [1.165, 1.54) is 29.8 Å². The van der Waals surface area contributed by atoms with E-state index in [1.807, 2.05) is 18.2 Å². The SMILES string of the molecule is CC(OC(=O)c1ccc(C(=O)C(=O)c2ccccc2)cc1)C(=O)N1CCN(Cc2ccccc2)CC1. The van der Waals surface area contributed by atoms with E-state index in [0.29, 0.717) is 18.7 Å². The number of carbonyl (C=O) groups excluding carboxylic acids is 4. The minimum atomic E-state index is -0.931. The fraction of sp³-hybridized carbons (Fsp3) is 0.241. The van der Waals surface area contributed by atoms with Gasteiger partial charge >= 0.3 is 5.97 Å². The summed E-state index contributed by atoms with van der Waals surface area (Å²) in [5, 5.41) is 0. The van der Waals surface area contributed by atoms with Gasteiger partial charge in [-0.25, -0.2) is 4.79 Å². The molecule has 7 nitrogen and oxygen atoms in total. The van der Waals surface area contributed by atoms with Gasteiger partial charge in [-0.2, -0.15) is 0 Å². The standard InChI is InChI=1S/C29H28N2O5/c1-21(28(34)31-18-16-30(17-19-31)20-22-8-4-2-5-9-22)36-29(35)25-14-12-24(13-15-25)27(33)26(32)23-10-6-3-7-11-23/h2-15,21H,16-20H2,1H3. The molecule has 0 aromatic heterocycles.